The number of benzene rings is 2. The van der Waals surface area contributed by atoms with Gasteiger partial charge in [0.1, 0.15) is 17.5 Å². The summed E-state index contributed by atoms with van der Waals surface area (Å²) in [6, 6.07) is 9.50. The lowest BCUT2D eigenvalue weighted by atomic mass is 9.78. The molecule has 2 amide bonds. The fourth-order valence-electron chi connectivity index (χ4n) is 7.44. The highest BCUT2D eigenvalue weighted by atomic mass is 19.1. The molecule has 5 aliphatic rings. The number of halogens is 2. The van der Waals surface area contributed by atoms with Gasteiger partial charge in [-0.25, -0.2) is 8.78 Å². The average Bonchev–Trinajstić information content (AvgIpc) is 3.65. The summed E-state index contributed by atoms with van der Waals surface area (Å²) in [7, 11) is 0. The van der Waals surface area contributed by atoms with E-state index in [1.54, 1.807) is 4.90 Å². The lowest BCUT2D eigenvalue weighted by Crippen LogP contribution is -2.70. The molecular weight excluding hydrogens is 522 g/mol. The lowest BCUT2D eigenvalue weighted by molar-refractivity contribution is -0.149. The van der Waals surface area contributed by atoms with Gasteiger partial charge in [-0.15, -0.1) is 0 Å². The van der Waals surface area contributed by atoms with E-state index < -0.39 is 28.1 Å². The Labute approximate surface area is 238 Å². The number of nitrogens with zero attached hydrogens (tertiary/aromatic N) is 1. The van der Waals surface area contributed by atoms with Crippen LogP contribution >= 0.6 is 0 Å². The zero-order valence-electron chi connectivity index (χ0n) is 23.0. The molecule has 0 aromatic heterocycles. The number of rotatable bonds is 2. The molecule has 2 aromatic carbocycles. The second-order valence-corrected chi connectivity index (χ2v) is 12.2. The summed E-state index contributed by atoms with van der Waals surface area (Å²) in [4.78, 5) is 28.7. The van der Waals surface area contributed by atoms with Crippen molar-refractivity contribution in [3.63, 3.8) is 0 Å². The number of carbonyl (C=O) groups is 2. The number of allylic oxidation sites excluding steroid dienone is 1. The highest BCUT2D eigenvalue weighted by Crippen LogP contribution is 2.47. The van der Waals surface area contributed by atoms with Crippen molar-refractivity contribution in [3.8, 4) is 11.8 Å². The van der Waals surface area contributed by atoms with Crippen LogP contribution in [0.2, 0.25) is 0 Å². The van der Waals surface area contributed by atoms with Gasteiger partial charge in [0.15, 0.2) is 0 Å². The van der Waals surface area contributed by atoms with Gasteiger partial charge in [0.25, 0.3) is 0 Å². The van der Waals surface area contributed by atoms with Crippen LogP contribution in [0.5, 0.6) is 0 Å². The van der Waals surface area contributed by atoms with Crippen LogP contribution in [-0.4, -0.2) is 41.9 Å². The molecule has 6 nitrogen and oxygen atoms in total. The molecule has 3 N–H and O–H groups in total. The molecule has 8 heteroatoms. The predicted octanol–water partition coefficient (Wildman–Crippen LogP) is 3.56. The number of dihydropyridines is 1. The van der Waals surface area contributed by atoms with E-state index >= 15 is 0 Å². The Balaban J connectivity index is 1.17. The SMILES string of the molecule is C[C@@]1(c2cc(F)cc(F)c2)CNC2(CCCC2)C(=O)N1CC#Cc1ccc2c(c1)C[C@@]1(C2)C(=O)NC2=C1C=CCN2. The minimum absolute atomic E-state index is 0.0246. The fourth-order valence-corrected chi connectivity index (χ4v) is 7.44. The van der Waals surface area contributed by atoms with Gasteiger partial charge >= 0.3 is 0 Å². The maximum absolute atomic E-state index is 14.3. The molecule has 2 aliphatic carbocycles. The summed E-state index contributed by atoms with van der Waals surface area (Å²) in [6.07, 6.45) is 8.76. The molecule has 2 spiro atoms. The quantitative estimate of drug-likeness (QED) is 0.497. The molecular formula is C33H32F2N4O2. The van der Waals surface area contributed by atoms with Crippen LogP contribution in [0.3, 0.4) is 0 Å². The van der Waals surface area contributed by atoms with Crippen LogP contribution in [0.4, 0.5) is 8.78 Å². The molecule has 0 unspecified atom stereocenters. The molecule has 3 aliphatic heterocycles. The van der Waals surface area contributed by atoms with Crippen LogP contribution in [0, 0.1) is 28.9 Å². The van der Waals surface area contributed by atoms with E-state index in [1.165, 1.54) is 12.1 Å². The molecule has 1 saturated heterocycles. The molecule has 41 heavy (non-hydrogen) atoms. The molecule has 2 aromatic rings. The van der Waals surface area contributed by atoms with Gasteiger partial charge in [-0.3, -0.25) is 9.59 Å². The smallest absolute Gasteiger partial charge is 0.244 e. The van der Waals surface area contributed by atoms with Gasteiger partial charge in [-0.05, 0) is 73.6 Å². The van der Waals surface area contributed by atoms with E-state index in [-0.39, 0.29) is 18.4 Å². The Morgan fingerprint density at radius 2 is 1.76 bits per heavy atom. The van der Waals surface area contributed by atoms with Crippen LogP contribution in [0.15, 0.2) is 59.9 Å². The number of piperazine rings is 1. The Kier molecular flexibility index (Phi) is 5.88. The monoisotopic (exact) mass is 554 g/mol. The maximum Gasteiger partial charge on any atom is 0.244 e. The molecule has 2 atom stereocenters. The minimum atomic E-state index is -0.963. The third-order valence-electron chi connectivity index (χ3n) is 9.76. The topological polar surface area (TPSA) is 73.5 Å². The molecule has 0 radical (unpaired) electrons. The van der Waals surface area contributed by atoms with Crippen molar-refractivity contribution in [1.82, 2.24) is 20.9 Å². The number of fused-ring (bicyclic) bond motifs is 2. The van der Waals surface area contributed by atoms with Crippen LogP contribution in [0.25, 0.3) is 0 Å². The largest absolute Gasteiger partial charge is 0.368 e. The standard InChI is InChI=1S/C33H32F2N4O2/c1-31(24-15-25(34)17-26(35)16-24)20-37-33(10-2-3-11-33)30(41)39(31)13-5-6-21-8-9-22-18-32(19-23(22)14-21)27-7-4-12-36-28(27)38-29(32)40/h4,7-9,14-17,36-37H,2-3,10-13,18-20H2,1H3,(H,38,40)/t31-,32+/m0/s1. The third kappa shape index (κ3) is 4.01. The highest BCUT2D eigenvalue weighted by molar-refractivity contribution is 5.94. The zero-order valence-corrected chi connectivity index (χ0v) is 23.0. The number of amides is 2. The van der Waals surface area contributed by atoms with E-state index in [9.17, 15) is 18.4 Å². The maximum atomic E-state index is 14.3. The van der Waals surface area contributed by atoms with Crippen molar-refractivity contribution in [2.45, 2.75) is 56.5 Å². The highest BCUT2D eigenvalue weighted by Gasteiger charge is 2.54. The summed E-state index contributed by atoms with van der Waals surface area (Å²) < 4.78 is 28.5. The molecule has 210 valence electrons. The summed E-state index contributed by atoms with van der Waals surface area (Å²) >= 11 is 0. The van der Waals surface area contributed by atoms with Crippen molar-refractivity contribution >= 4 is 11.8 Å². The molecule has 3 heterocycles. The van der Waals surface area contributed by atoms with E-state index in [0.717, 1.165) is 59.8 Å². The van der Waals surface area contributed by atoms with Crippen molar-refractivity contribution in [3.05, 3.63) is 93.8 Å². The second-order valence-electron chi connectivity index (χ2n) is 12.2. The first-order valence-electron chi connectivity index (χ1n) is 14.3. The summed E-state index contributed by atoms with van der Waals surface area (Å²) in [5.41, 5.74) is 2.26. The van der Waals surface area contributed by atoms with E-state index in [0.29, 0.717) is 31.5 Å². The van der Waals surface area contributed by atoms with Crippen molar-refractivity contribution in [2.75, 3.05) is 19.6 Å². The van der Waals surface area contributed by atoms with E-state index in [2.05, 4.69) is 33.9 Å². The summed E-state index contributed by atoms with van der Waals surface area (Å²) in [5.74, 6) is 5.86. The number of carbonyl (C=O) groups excluding carboxylic acids is 2. The number of hydrogen-bond donors (Lipinski definition) is 3. The fraction of sp³-hybridized carbons (Fsp3) is 0.394. The van der Waals surface area contributed by atoms with Gasteiger partial charge in [0.2, 0.25) is 11.8 Å². The molecule has 1 saturated carbocycles. The van der Waals surface area contributed by atoms with Gasteiger partial charge < -0.3 is 20.9 Å². The molecule has 7 rings (SSSR count). The van der Waals surface area contributed by atoms with Crippen molar-refractivity contribution < 1.29 is 18.4 Å². The lowest BCUT2D eigenvalue weighted by Gasteiger charge is -2.51. The first-order valence-corrected chi connectivity index (χ1v) is 14.3. The Bertz CT molecular complexity index is 1590. The van der Waals surface area contributed by atoms with Gasteiger partial charge in [-0.1, -0.05) is 42.9 Å². The number of nitrogens with one attached hydrogen (secondary N) is 3. The number of hydrogen-bond acceptors (Lipinski definition) is 4. The molecule has 0 bridgehead atoms. The van der Waals surface area contributed by atoms with Crippen molar-refractivity contribution in [2.24, 2.45) is 5.41 Å². The van der Waals surface area contributed by atoms with Gasteiger partial charge in [-0.2, -0.15) is 0 Å². The van der Waals surface area contributed by atoms with Gasteiger partial charge in [0, 0.05) is 30.3 Å². The van der Waals surface area contributed by atoms with E-state index in [4.69, 9.17) is 0 Å². The summed E-state index contributed by atoms with van der Waals surface area (Å²) in [5, 5.41) is 9.74. The Morgan fingerprint density at radius 1 is 1.00 bits per heavy atom. The zero-order chi connectivity index (χ0) is 28.4. The summed E-state index contributed by atoms with van der Waals surface area (Å²) in [6.45, 7) is 3.06. The first kappa shape index (κ1) is 26.0. The normalized spacial score (nSPS) is 27.5. The average molecular weight is 555 g/mol. The Hall–Kier alpha value is -3.96. The predicted molar refractivity (Wildman–Crippen MR) is 150 cm³/mol. The second kappa shape index (κ2) is 9.28. The molecule has 2 fully saturated rings. The first-order chi connectivity index (χ1) is 19.7. The van der Waals surface area contributed by atoms with Crippen LogP contribution in [-0.2, 0) is 28.0 Å². The van der Waals surface area contributed by atoms with Crippen molar-refractivity contribution in [1.29, 1.82) is 0 Å². The third-order valence-corrected chi connectivity index (χ3v) is 9.76. The van der Waals surface area contributed by atoms with Crippen LogP contribution < -0.4 is 16.0 Å². The van der Waals surface area contributed by atoms with Crippen LogP contribution in [0.1, 0.15) is 54.9 Å². The van der Waals surface area contributed by atoms with E-state index in [1.807, 2.05) is 31.2 Å². The Morgan fingerprint density at radius 3 is 2.54 bits per heavy atom. The minimum Gasteiger partial charge on any atom is -0.368 e. The van der Waals surface area contributed by atoms with Gasteiger partial charge in [0.05, 0.1) is 23.0 Å².